The lowest BCUT2D eigenvalue weighted by molar-refractivity contribution is 0.727. The molecule has 1 aliphatic rings. The first-order valence-electron chi connectivity index (χ1n) is 21.2. The first kappa shape index (κ1) is 37.1. The summed E-state index contributed by atoms with van der Waals surface area (Å²) in [5, 5.41) is 2.48. The number of anilines is 3. The Morgan fingerprint density at radius 2 is 0.871 bits per heavy atom. The molecule has 0 atom stereocenters. The Bertz CT molecular complexity index is 3150. The fourth-order valence-electron chi connectivity index (χ4n) is 9.71. The van der Waals surface area contributed by atoms with Crippen molar-refractivity contribution >= 4 is 27.8 Å². The Labute approximate surface area is 362 Å². The maximum absolute atomic E-state index is 5.03. The zero-order chi connectivity index (χ0) is 41.6. The van der Waals surface area contributed by atoms with Crippen LogP contribution in [0.15, 0.2) is 218 Å². The third kappa shape index (κ3) is 6.02. The van der Waals surface area contributed by atoms with Crippen molar-refractivity contribution in [2.75, 3.05) is 4.90 Å². The first-order chi connectivity index (χ1) is 30.6. The van der Waals surface area contributed by atoms with E-state index < -0.39 is 5.41 Å². The molecule has 2 heterocycles. The Kier molecular flexibility index (Phi) is 9.13. The van der Waals surface area contributed by atoms with Crippen molar-refractivity contribution < 1.29 is 0 Å². The first-order valence-corrected chi connectivity index (χ1v) is 21.2. The normalized spacial score (nSPS) is 12.8. The van der Waals surface area contributed by atoms with Gasteiger partial charge in [-0.05, 0) is 112 Å². The molecule has 0 radical (unpaired) electrons. The Balaban J connectivity index is 1.12. The highest BCUT2D eigenvalue weighted by Crippen LogP contribution is 2.59. The molecule has 0 amide bonds. The quantitative estimate of drug-likeness (QED) is 0.161. The highest BCUT2D eigenvalue weighted by Gasteiger charge is 2.47. The van der Waals surface area contributed by atoms with Crippen LogP contribution in [0.25, 0.3) is 56.1 Å². The second-order valence-electron chi connectivity index (χ2n) is 16.0. The number of rotatable bonds is 7. The molecule has 294 valence electrons. The van der Waals surface area contributed by atoms with Gasteiger partial charge in [-0.1, -0.05) is 176 Å². The predicted octanol–water partition coefficient (Wildman–Crippen LogP) is 14.5. The van der Waals surface area contributed by atoms with Crippen LogP contribution < -0.4 is 4.90 Å². The fourth-order valence-corrected chi connectivity index (χ4v) is 9.71. The minimum atomic E-state index is -0.650. The lowest BCUT2D eigenvalue weighted by Gasteiger charge is -2.47. The molecule has 1 aliphatic heterocycles. The minimum absolute atomic E-state index is 0.628. The van der Waals surface area contributed by atoms with E-state index >= 15 is 0 Å². The molecule has 0 saturated heterocycles. The lowest BCUT2D eigenvalue weighted by atomic mass is 9.60. The molecule has 0 bridgehead atoms. The number of hydrogen-bond donors (Lipinski definition) is 0. The average molecular weight is 795 g/mol. The number of para-hydroxylation sites is 2. The van der Waals surface area contributed by atoms with Gasteiger partial charge < -0.3 is 4.90 Å². The highest BCUT2D eigenvalue weighted by molar-refractivity contribution is 6.01. The van der Waals surface area contributed by atoms with Crippen LogP contribution in [0.2, 0.25) is 0 Å². The van der Waals surface area contributed by atoms with Crippen LogP contribution in [0.4, 0.5) is 17.1 Å². The third-order valence-electron chi connectivity index (χ3n) is 12.5. The lowest BCUT2D eigenvalue weighted by Crippen LogP contribution is -2.38. The van der Waals surface area contributed by atoms with Crippen molar-refractivity contribution in [2.24, 2.45) is 0 Å². The Morgan fingerprint density at radius 3 is 1.45 bits per heavy atom. The van der Waals surface area contributed by atoms with E-state index in [1.54, 1.807) is 0 Å². The summed E-state index contributed by atoms with van der Waals surface area (Å²) < 4.78 is 0. The molecular formula is C58H42N4. The summed E-state index contributed by atoms with van der Waals surface area (Å²) in [6.07, 6.45) is 0. The van der Waals surface area contributed by atoms with E-state index in [1.165, 1.54) is 55.3 Å². The molecule has 62 heavy (non-hydrogen) atoms. The van der Waals surface area contributed by atoms with Crippen LogP contribution >= 0.6 is 0 Å². The molecule has 4 heteroatoms. The van der Waals surface area contributed by atoms with Crippen LogP contribution in [-0.4, -0.2) is 15.0 Å². The SMILES string of the molecule is Cc1ccccc1-c1c(C)c(C2(c3ccccc3)c3ccccc3N(c3ccc(-c4nc(-c5ccccc5)nc(-c5ccccc5)n4)cc3)c3ccccc32)cc2ccccc12. The van der Waals surface area contributed by atoms with E-state index in [-0.39, 0.29) is 0 Å². The van der Waals surface area contributed by atoms with E-state index in [4.69, 9.17) is 15.0 Å². The van der Waals surface area contributed by atoms with Crippen LogP contribution in [-0.2, 0) is 5.41 Å². The minimum Gasteiger partial charge on any atom is -0.310 e. The van der Waals surface area contributed by atoms with Gasteiger partial charge in [0.15, 0.2) is 17.5 Å². The van der Waals surface area contributed by atoms with Gasteiger partial charge in [-0.3, -0.25) is 0 Å². The summed E-state index contributed by atoms with van der Waals surface area (Å²) >= 11 is 0. The maximum Gasteiger partial charge on any atom is 0.164 e. The van der Waals surface area contributed by atoms with Crippen LogP contribution in [0, 0.1) is 13.8 Å². The molecule has 0 saturated carbocycles. The van der Waals surface area contributed by atoms with Crippen LogP contribution in [0.1, 0.15) is 33.4 Å². The zero-order valence-corrected chi connectivity index (χ0v) is 34.6. The Morgan fingerprint density at radius 1 is 0.403 bits per heavy atom. The summed E-state index contributed by atoms with van der Waals surface area (Å²) in [5.41, 5.74) is 15.5. The van der Waals surface area contributed by atoms with E-state index in [2.05, 4.69) is 176 Å². The van der Waals surface area contributed by atoms with Crippen LogP contribution in [0.5, 0.6) is 0 Å². The van der Waals surface area contributed by atoms with Gasteiger partial charge in [0.1, 0.15) is 0 Å². The summed E-state index contributed by atoms with van der Waals surface area (Å²) in [6.45, 7) is 4.56. The average Bonchev–Trinajstić information content (AvgIpc) is 3.34. The van der Waals surface area contributed by atoms with Crippen molar-refractivity contribution in [3.63, 3.8) is 0 Å². The van der Waals surface area contributed by atoms with E-state index in [0.717, 1.165) is 33.8 Å². The van der Waals surface area contributed by atoms with Crippen molar-refractivity contribution in [1.82, 2.24) is 15.0 Å². The summed E-state index contributed by atoms with van der Waals surface area (Å²) in [7, 11) is 0. The summed E-state index contributed by atoms with van der Waals surface area (Å²) in [5.74, 6) is 1.91. The van der Waals surface area contributed by atoms with Crippen LogP contribution in [0.3, 0.4) is 0 Å². The molecule has 0 N–H and O–H groups in total. The molecule has 10 aromatic rings. The number of aromatic nitrogens is 3. The largest absolute Gasteiger partial charge is 0.310 e. The van der Waals surface area contributed by atoms with Gasteiger partial charge in [0.05, 0.1) is 16.8 Å². The number of aryl methyl sites for hydroxylation is 1. The molecule has 0 spiro atoms. The molecule has 11 rings (SSSR count). The molecule has 0 fully saturated rings. The number of hydrogen-bond acceptors (Lipinski definition) is 4. The Hall–Kier alpha value is -7.95. The van der Waals surface area contributed by atoms with Gasteiger partial charge in [0.2, 0.25) is 0 Å². The van der Waals surface area contributed by atoms with Gasteiger partial charge in [-0.25, -0.2) is 15.0 Å². The van der Waals surface area contributed by atoms with Crippen molar-refractivity contribution in [2.45, 2.75) is 19.3 Å². The number of nitrogens with zero attached hydrogens (tertiary/aromatic N) is 4. The van der Waals surface area contributed by atoms with Gasteiger partial charge in [-0.2, -0.15) is 0 Å². The second-order valence-corrected chi connectivity index (χ2v) is 16.0. The summed E-state index contributed by atoms with van der Waals surface area (Å²) in [6, 6.07) is 78.1. The molecule has 0 aliphatic carbocycles. The number of benzene rings is 9. The van der Waals surface area contributed by atoms with Crippen molar-refractivity contribution in [3.05, 3.63) is 252 Å². The van der Waals surface area contributed by atoms with E-state index in [0.29, 0.717) is 17.5 Å². The highest BCUT2D eigenvalue weighted by atomic mass is 15.2. The molecule has 1 aromatic heterocycles. The smallest absolute Gasteiger partial charge is 0.164 e. The predicted molar refractivity (Wildman–Crippen MR) is 255 cm³/mol. The van der Waals surface area contributed by atoms with Gasteiger partial charge in [0, 0.05) is 22.4 Å². The maximum atomic E-state index is 5.03. The molecule has 9 aromatic carbocycles. The van der Waals surface area contributed by atoms with Gasteiger partial charge in [0.25, 0.3) is 0 Å². The van der Waals surface area contributed by atoms with E-state index in [9.17, 15) is 0 Å². The van der Waals surface area contributed by atoms with Gasteiger partial charge >= 0.3 is 0 Å². The fraction of sp³-hybridized carbons (Fsp3) is 0.0517. The van der Waals surface area contributed by atoms with Gasteiger partial charge in [-0.15, -0.1) is 0 Å². The number of fused-ring (bicyclic) bond motifs is 3. The molecule has 0 unspecified atom stereocenters. The molecule has 4 nitrogen and oxygen atoms in total. The zero-order valence-electron chi connectivity index (χ0n) is 34.6. The standard InChI is InChI=1S/C58H42N4/c1-39-20-12-14-28-47(39)54-40(2)51(38-44-25-13-15-29-48(44)54)58(45-26-10-5-11-27-45)49-30-16-18-32-52(49)62(53-33-19-17-31-50(53)58)46-36-34-43(35-37-46)57-60-55(41-21-6-3-7-22-41)59-56(61-57)42-23-8-4-9-24-42/h3-38H,1-2H3. The topological polar surface area (TPSA) is 41.9 Å². The van der Waals surface area contributed by atoms with E-state index in [1.807, 2.05) is 60.7 Å². The van der Waals surface area contributed by atoms with Crippen molar-refractivity contribution in [3.8, 4) is 45.3 Å². The second kappa shape index (κ2) is 15.3. The monoisotopic (exact) mass is 794 g/mol. The molecular weight excluding hydrogens is 753 g/mol. The summed E-state index contributed by atoms with van der Waals surface area (Å²) in [4.78, 5) is 17.4. The van der Waals surface area contributed by atoms with Crippen molar-refractivity contribution in [1.29, 1.82) is 0 Å². The third-order valence-corrected chi connectivity index (χ3v) is 12.5.